The van der Waals surface area contributed by atoms with E-state index in [-0.39, 0.29) is 21.7 Å². The van der Waals surface area contributed by atoms with Crippen molar-refractivity contribution in [2.24, 2.45) is 12.2 Å². The Morgan fingerprint density at radius 2 is 1.68 bits per heavy atom. The van der Waals surface area contributed by atoms with Gasteiger partial charge in [0, 0.05) is 10.8 Å². The van der Waals surface area contributed by atoms with Crippen LogP contribution in [0.1, 0.15) is 15.9 Å². The number of rotatable bonds is 4. The van der Waals surface area contributed by atoms with Crippen LogP contribution in [0, 0.1) is 0 Å². The molecule has 0 fully saturated rings. The maximum absolute atomic E-state index is 12.2. The Morgan fingerprint density at radius 1 is 1.04 bits per heavy atom. The molecule has 138 valence electrons. The van der Waals surface area contributed by atoms with Crippen LogP contribution in [0.25, 0.3) is 10.8 Å². The van der Waals surface area contributed by atoms with Crippen LogP contribution >= 0.6 is 0 Å². The van der Waals surface area contributed by atoms with Gasteiger partial charge in [0.15, 0.2) is 5.36 Å². The molecular weight excluding hydrogens is 358 g/mol. The van der Waals surface area contributed by atoms with Crippen LogP contribution in [0.3, 0.4) is 0 Å². The zero-order chi connectivity index (χ0) is 19.7. The highest BCUT2D eigenvalue weighted by atomic mass is 16.7. The van der Waals surface area contributed by atoms with E-state index < -0.39 is 16.8 Å². The van der Waals surface area contributed by atoms with Gasteiger partial charge in [0.25, 0.3) is 0 Å². The van der Waals surface area contributed by atoms with Crippen LogP contribution < -0.4 is 20.8 Å². The molecule has 28 heavy (non-hydrogen) atoms. The number of carbonyl (C=O) groups excluding carboxylic acids is 1. The molecule has 0 spiro atoms. The van der Waals surface area contributed by atoms with E-state index in [4.69, 9.17) is 4.84 Å². The van der Waals surface area contributed by atoms with Gasteiger partial charge in [-0.2, -0.15) is 0 Å². The first kappa shape index (κ1) is 17.5. The Kier molecular flexibility index (Phi) is 4.41. The fraction of sp³-hybridized carbons (Fsp3) is 0.0952. The standard InChI is InChI=1S/C21H16N3O4/c1-23-10-11-24(13-23)12-14-6-8-15(9-7-14)21(27)28-22-18-19(25)16-4-2-3-5-17(16)20(18)26/h2-11,13H,12H2,1H3/q+1. The van der Waals surface area contributed by atoms with Crippen LogP contribution in [-0.4, -0.2) is 10.5 Å². The molecule has 4 aromatic rings. The van der Waals surface area contributed by atoms with Gasteiger partial charge < -0.3 is 4.84 Å². The summed E-state index contributed by atoms with van der Waals surface area (Å²) in [6, 6.07) is 13.3. The number of nitrogens with zero attached hydrogens (tertiary/aromatic N) is 3. The molecule has 0 N–H and O–H groups in total. The average molecular weight is 374 g/mol. The zero-order valence-corrected chi connectivity index (χ0v) is 15.0. The minimum atomic E-state index is -0.733. The van der Waals surface area contributed by atoms with Crippen molar-refractivity contribution in [3.05, 3.63) is 104 Å². The Balaban J connectivity index is 1.54. The summed E-state index contributed by atoms with van der Waals surface area (Å²) in [7, 11) is 1.94. The lowest BCUT2D eigenvalue weighted by atomic mass is 10.1. The molecule has 0 amide bonds. The Hall–Kier alpha value is -3.87. The smallest absolute Gasteiger partial charge is 0.312 e. The minimum absolute atomic E-state index is 0.269. The second kappa shape index (κ2) is 7.03. The molecule has 0 saturated carbocycles. The molecule has 0 radical (unpaired) electrons. The van der Waals surface area contributed by atoms with Gasteiger partial charge in [0.05, 0.1) is 12.6 Å². The fourth-order valence-electron chi connectivity index (χ4n) is 3.01. The molecule has 0 aliphatic carbocycles. The maximum atomic E-state index is 12.2. The quantitative estimate of drug-likeness (QED) is 0.300. The molecule has 1 aromatic heterocycles. The lowest BCUT2D eigenvalue weighted by molar-refractivity contribution is -0.687. The average Bonchev–Trinajstić information content (AvgIpc) is 3.22. The second-order valence-corrected chi connectivity index (χ2v) is 6.47. The van der Waals surface area contributed by atoms with Gasteiger partial charge in [0.2, 0.25) is 17.2 Å². The van der Waals surface area contributed by atoms with Gasteiger partial charge in [-0.15, -0.1) is 0 Å². The van der Waals surface area contributed by atoms with Gasteiger partial charge >= 0.3 is 5.97 Å². The Bertz CT molecular complexity index is 1280. The minimum Gasteiger partial charge on any atom is -0.312 e. The number of benzene rings is 2. The maximum Gasteiger partial charge on any atom is 0.365 e. The summed E-state index contributed by atoms with van der Waals surface area (Å²) in [6.45, 7) is 0.666. The molecule has 4 rings (SSSR count). The van der Waals surface area contributed by atoms with E-state index in [0.717, 1.165) is 5.56 Å². The lowest BCUT2D eigenvalue weighted by Crippen LogP contribution is -2.32. The molecule has 0 aliphatic heterocycles. The van der Waals surface area contributed by atoms with Crippen molar-refractivity contribution in [2.45, 2.75) is 6.54 Å². The molecule has 7 heteroatoms. The normalized spacial score (nSPS) is 10.9. The number of carbonyl (C=O) groups is 1. The third kappa shape index (κ3) is 3.25. The van der Waals surface area contributed by atoms with Gasteiger partial charge in [-0.1, -0.05) is 41.6 Å². The molecule has 0 bridgehead atoms. The summed E-state index contributed by atoms with van der Waals surface area (Å²) >= 11 is 0. The SMILES string of the molecule is Cn1cc[n+](Cc2ccc(C(=O)ON=c3c(=O)c4ccccc4c3=O)cc2)c1. The van der Waals surface area contributed by atoms with Gasteiger partial charge in [0.1, 0.15) is 18.9 Å². The van der Waals surface area contributed by atoms with E-state index >= 15 is 0 Å². The first-order valence-electron chi connectivity index (χ1n) is 8.60. The van der Waals surface area contributed by atoms with Crippen LogP contribution in [0.5, 0.6) is 0 Å². The molecule has 1 heterocycles. The van der Waals surface area contributed by atoms with Crippen LogP contribution in [0.4, 0.5) is 0 Å². The highest BCUT2D eigenvalue weighted by Gasteiger charge is 2.13. The summed E-state index contributed by atoms with van der Waals surface area (Å²) in [6.07, 6.45) is 5.84. The highest BCUT2D eigenvalue weighted by molar-refractivity contribution is 5.89. The lowest BCUT2D eigenvalue weighted by Gasteiger charge is -2.00. The Morgan fingerprint density at radius 3 is 2.25 bits per heavy atom. The first-order valence-corrected chi connectivity index (χ1v) is 8.60. The predicted molar refractivity (Wildman–Crippen MR) is 101 cm³/mol. The molecule has 7 nitrogen and oxygen atoms in total. The summed E-state index contributed by atoms with van der Waals surface area (Å²) in [5, 5.41) is 3.68. The number of imidazole rings is 1. The van der Waals surface area contributed by atoms with Gasteiger partial charge in [-0.05, 0) is 17.7 Å². The number of aromatic nitrogens is 2. The summed E-state index contributed by atoms with van der Waals surface area (Å²) in [5.41, 5.74) is 0.213. The van der Waals surface area contributed by atoms with E-state index in [1.807, 2.05) is 47.0 Å². The van der Waals surface area contributed by atoms with E-state index in [2.05, 4.69) is 5.16 Å². The Labute approximate surface area is 159 Å². The molecular formula is C21H16N3O4+. The summed E-state index contributed by atoms with van der Waals surface area (Å²) in [5.74, 6) is -0.733. The molecule has 0 aliphatic rings. The van der Waals surface area contributed by atoms with Crippen molar-refractivity contribution in [3.8, 4) is 0 Å². The van der Waals surface area contributed by atoms with E-state index in [0.29, 0.717) is 6.54 Å². The van der Waals surface area contributed by atoms with Crippen molar-refractivity contribution in [3.63, 3.8) is 0 Å². The predicted octanol–water partition coefficient (Wildman–Crippen LogP) is 0.783. The van der Waals surface area contributed by atoms with Crippen molar-refractivity contribution in [1.29, 1.82) is 0 Å². The highest BCUT2D eigenvalue weighted by Crippen LogP contribution is 2.06. The summed E-state index contributed by atoms with van der Waals surface area (Å²) in [4.78, 5) is 41.5. The van der Waals surface area contributed by atoms with Crippen molar-refractivity contribution in [2.75, 3.05) is 0 Å². The zero-order valence-electron chi connectivity index (χ0n) is 15.0. The molecule has 0 saturated heterocycles. The topological polar surface area (TPSA) is 81.6 Å². The largest absolute Gasteiger partial charge is 0.365 e. The molecule has 0 unspecified atom stereocenters. The van der Waals surface area contributed by atoms with E-state index in [1.54, 1.807) is 36.4 Å². The molecule has 3 aromatic carbocycles. The van der Waals surface area contributed by atoms with Crippen molar-refractivity contribution >= 4 is 16.7 Å². The number of hydrogen-bond acceptors (Lipinski definition) is 5. The second-order valence-electron chi connectivity index (χ2n) is 6.47. The monoisotopic (exact) mass is 374 g/mol. The first-order chi connectivity index (χ1) is 13.5. The van der Waals surface area contributed by atoms with E-state index in [1.165, 1.54) is 0 Å². The van der Waals surface area contributed by atoms with Crippen LogP contribution in [-0.2, 0) is 18.4 Å². The third-order valence-electron chi connectivity index (χ3n) is 4.44. The van der Waals surface area contributed by atoms with Crippen LogP contribution in [0.15, 0.2) is 82.0 Å². The van der Waals surface area contributed by atoms with Gasteiger partial charge in [-0.3, -0.25) is 9.59 Å². The van der Waals surface area contributed by atoms with Gasteiger partial charge in [-0.25, -0.2) is 13.9 Å². The third-order valence-corrected chi connectivity index (χ3v) is 4.44. The van der Waals surface area contributed by atoms with E-state index in [9.17, 15) is 14.4 Å². The van der Waals surface area contributed by atoms with Crippen molar-refractivity contribution in [1.82, 2.24) is 4.57 Å². The molecule has 0 atom stereocenters. The number of hydrogen-bond donors (Lipinski definition) is 0. The summed E-state index contributed by atoms with van der Waals surface area (Å²) < 4.78 is 3.95. The van der Waals surface area contributed by atoms with Crippen molar-refractivity contribution < 1.29 is 14.2 Å². The number of aryl methyl sites for hydroxylation is 1. The van der Waals surface area contributed by atoms with Crippen LogP contribution in [0.2, 0.25) is 0 Å². The number of fused-ring (bicyclic) bond motifs is 1. The fourth-order valence-corrected chi connectivity index (χ4v) is 3.01.